The van der Waals surface area contributed by atoms with Gasteiger partial charge in [-0.2, -0.15) is 0 Å². The first-order valence-electron chi connectivity index (χ1n) is 5.98. The minimum atomic E-state index is -1.06. The maximum atomic E-state index is 11.8. The molecule has 0 aliphatic rings. The topological polar surface area (TPSA) is 88.4 Å². The number of thiazole rings is 1. The van der Waals surface area contributed by atoms with Crippen LogP contribution in [-0.4, -0.2) is 27.6 Å². The van der Waals surface area contributed by atoms with Gasteiger partial charge in [0.25, 0.3) is 0 Å². The number of hydrogen-bond acceptors (Lipinski definition) is 4. The van der Waals surface area contributed by atoms with E-state index in [4.69, 9.17) is 5.11 Å². The van der Waals surface area contributed by atoms with Crippen LogP contribution in [0.25, 0.3) is 0 Å². The predicted molar refractivity (Wildman–Crippen MR) is 72.3 cm³/mol. The summed E-state index contributed by atoms with van der Waals surface area (Å²) in [5.41, 5.74) is 0.695. The summed E-state index contributed by atoms with van der Waals surface area (Å²) < 4.78 is 1.33. The molecular weight excluding hydrogens is 268 g/mol. The molecule has 0 aromatic carbocycles. The van der Waals surface area contributed by atoms with E-state index in [2.05, 4.69) is 5.32 Å². The van der Waals surface area contributed by atoms with E-state index in [0.717, 1.165) is 11.3 Å². The van der Waals surface area contributed by atoms with E-state index in [1.807, 2.05) is 13.8 Å². The molecule has 1 aromatic rings. The maximum Gasteiger partial charge on any atom is 0.326 e. The lowest BCUT2D eigenvalue weighted by Crippen LogP contribution is -2.43. The molecule has 1 amide bonds. The van der Waals surface area contributed by atoms with Crippen LogP contribution in [0, 0.1) is 12.8 Å². The predicted octanol–water partition coefficient (Wildman–Crippen LogP) is 0.834. The van der Waals surface area contributed by atoms with E-state index >= 15 is 0 Å². The second kappa shape index (κ2) is 6.51. The molecule has 0 aliphatic carbocycles. The van der Waals surface area contributed by atoms with E-state index in [1.165, 1.54) is 4.57 Å². The van der Waals surface area contributed by atoms with Crippen LogP contribution < -0.4 is 10.2 Å². The first-order chi connectivity index (χ1) is 8.81. The van der Waals surface area contributed by atoms with E-state index in [0.29, 0.717) is 12.1 Å². The molecule has 6 nitrogen and oxygen atoms in total. The van der Waals surface area contributed by atoms with Crippen LogP contribution in [0.5, 0.6) is 0 Å². The van der Waals surface area contributed by atoms with Gasteiger partial charge in [0, 0.05) is 11.1 Å². The van der Waals surface area contributed by atoms with Gasteiger partial charge >= 0.3 is 10.8 Å². The fraction of sp³-hybridized carbons (Fsp3) is 0.583. The smallest absolute Gasteiger partial charge is 0.326 e. The van der Waals surface area contributed by atoms with Crippen molar-refractivity contribution in [3.63, 3.8) is 0 Å². The number of nitrogens with zero attached hydrogens (tertiary/aromatic N) is 1. The van der Waals surface area contributed by atoms with Gasteiger partial charge in [-0.05, 0) is 19.3 Å². The summed E-state index contributed by atoms with van der Waals surface area (Å²) in [6.07, 6.45) is 0.360. The van der Waals surface area contributed by atoms with Gasteiger partial charge in [-0.15, -0.1) is 0 Å². The van der Waals surface area contributed by atoms with Gasteiger partial charge < -0.3 is 10.4 Å². The number of rotatable bonds is 6. The van der Waals surface area contributed by atoms with Crippen LogP contribution in [0.2, 0.25) is 0 Å². The van der Waals surface area contributed by atoms with Crippen molar-refractivity contribution >= 4 is 23.2 Å². The maximum absolute atomic E-state index is 11.8. The third kappa shape index (κ3) is 4.51. The molecule has 0 aliphatic heterocycles. The van der Waals surface area contributed by atoms with Gasteiger partial charge in [0.1, 0.15) is 12.6 Å². The first kappa shape index (κ1) is 15.4. The molecule has 1 atom stereocenters. The number of amides is 1. The van der Waals surface area contributed by atoms with Crippen LogP contribution in [0.3, 0.4) is 0 Å². The minimum Gasteiger partial charge on any atom is -0.480 e. The van der Waals surface area contributed by atoms with Crippen LogP contribution in [0.15, 0.2) is 10.2 Å². The fourth-order valence-electron chi connectivity index (χ4n) is 1.67. The Hall–Kier alpha value is -1.63. The second-order valence-electron chi connectivity index (χ2n) is 4.82. The Balaban J connectivity index is 2.68. The molecule has 0 spiro atoms. The van der Waals surface area contributed by atoms with Crippen molar-refractivity contribution in [1.82, 2.24) is 9.88 Å². The number of carboxylic acid groups (broad SMARTS) is 1. The molecule has 0 saturated carbocycles. The highest BCUT2D eigenvalue weighted by atomic mass is 32.1. The summed E-state index contributed by atoms with van der Waals surface area (Å²) in [4.78, 5) is 34.0. The molecule has 2 N–H and O–H groups in total. The number of hydrogen-bond donors (Lipinski definition) is 2. The lowest BCUT2D eigenvalue weighted by Gasteiger charge is -2.16. The van der Waals surface area contributed by atoms with E-state index in [1.54, 1.807) is 12.3 Å². The van der Waals surface area contributed by atoms with Gasteiger partial charge in [-0.3, -0.25) is 14.2 Å². The van der Waals surface area contributed by atoms with Crippen LogP contribution in [0.1, 0.15) is 26.0 Å². The molecule has 106 valence electrons. The summed E-state index contributed by atoms with van der Waals surface area (Å²) in [7, 11) is 0. The van der Waals surface area contributed by atoms with E-state index < -0.39 is 17.9 Å². The van der Waals surface area contributed by atoms with Crippen molar-refractivity contribution in [2.24, 2.45) is 5.92 Å². The molecule has 0 fully saturated rings. The Morgan fingerprint density at radius 2 is 2.11 bits per heavy atom. The average molecular weight is 286 g/mol. The molecule has 1 rings (SSSR count). The van der Waals surface area contributed by atoms with Crippen LogP contribution in [0.4, 0.5) is 0 Å². The van der Waals surface area contributed by atoms with Crippen molar-refractivity contribution in [3.8, 4) is 0 Å². The molecule has 0 radical (unpaired) electrons. The molecular formula is C12H18N2O4S. The highest BCUT2D eigenvalue weighted by molar-refractivity contribution is 7.07. The number of carbonyl (C=O) groups is 2. The summed E-state index contributed by atoms with van der Waals surface area (Å²) in [5.74, 6) is -1.36. The number of carboxylic acids is 1. The Labute approximate surface area is 115 Å². The zero-order chi connectivity index (χ0) is 14.6. The zero-order valence-corrected chi connectivity index (χ0v) is 12.0. The largest absolute Gasteiger partial charge is 0.480 e. The molecule has 0 unspecified atom stereocenters. The monoisotopic (exact) mass is 286 g/mol. The summed E-state index contributed by atoms with van der Waals surface area (Å²) >= 11 is 1.02. The molecule has 7 heteroatoms. The molecule has 1 heterocycles. The van der Waals surface area contributed by atoms with Gasteiger partial charge in [-0.25, -0.2) is 4.79 Å². The summed E-state index contributed by atoms with van der Waals surface area (Å²) in [6, 6.07) is -0.915. The third-order valence-corrected chi connectivity index (χ3v) is 3.50. The highest BCUT2D eigenvalue weighted by Crippen LogP contribution is 2.05. The number of nitrogens with one attached hydrogen (secondary N) is 1. The van der Waals surface area contributed by atoms with Crippen LogP contribution >= 0.6 is 11.3 Å². The Morgan fingerprint density at radius 3 is 2.53 bits per heavy atom. The zero-order valence-electron chi connectivity index (χ0n) is 11.2. The normalized spacial score (nSPS) is 12.4. The average Bonchev–Trinajstić information content (AvgIpc) is 2.59. The van der Waals surface area contributed by atoms with E-state index in [-0.39, 0.29) is 17.3 Å². The number of aryl methyl sites for hydroxylation is 1. The van der Waals surface area contributed by atoms with Gasteiger partial charge in [0.15, 0.2) is 0 Å². The van der Waals surface area contributed by atoms with Gasteiger partial charge in [0.2, 0.25) is 5.91 Å². The number of carbonyl (C=O) groups excluding carboxylic acids is 1. The van der Waals surface area contributed by atoms with Crippen molar-refractivity contribution in [2.45, 2.75) is 39.8 Å². The minimum absolute atomic E-state index is 0.143. The van der Waals surface area contributed by atoms with Gasteiger partial charge in [0.05, 0.1) is 0 Å². The molecule has 0 saturated heterocycles. The Morgan fingerprint density at radius 1 is 1.47 bits per heavy atom. The van der Waals surface area contributed by atoms with Crippen molar-refractivity contribution < 1.29 is 14.7 Å². The van der Waals surface area contributed by atoms with Gasteiger partial charge in [-0.1, -0.05) is 25.2 Å². The van der Waals surface area contributed by atoms with E-state index in [9.17, 15) is 14.4 Å². The summed E-state index contributed by atoms with van der Waals surface area (Å²) in [5, 5.41) is 13.1. The standard InChI is InChI=1S/C12H18N2O4S/c1-7(2)4-9(11(16)17)13-10(15)5-14-8(3)6-19-12(14)18/h6-7,9H,4-5H2,1-3H3,(H,13,15)(H,16,17)/t9-/m1/s1. The fourth-order valence-corrected chi connectivity index (χ4v) is 2.41. The molecule has 19 heavy (non-hydrogen) atoms. The van der Waals surface area contributed by atoms with Crippen LogP contribution in [-0.2, 0) is 16.1 Å². The Kier molecular flexibility index (Phi) is 5.29. The lowest BCUT2D eigenvalue weighted by atomic mass is 10.0. The Bertz CT molecular complexity index is 518. The number of aliphatic carboxylic acids is 1. The molecule has 0 bridgehead atoms. The van der Waals surface area contributed by atoms with Crippen molar-refractivity contribution in [3.05, 3.63) is 20.7 Å². The number of aromatic nitrogens is 1. The van der Waals surface area contributed by atoms with Crippen molar-refractivity contribution in [1.29, 1.82) is 0 Å². The quantitative estimate of drug-likeness (QED) is 0.811. The molecule has 1 aromatic heterocycles. The second-order valence-corrected chi connectivity index (χ2v) is 5.64. The first-order valence-corrected chi connectivity index (χ1v) is 6.86. The highest BCUT2D eigenvalue weighted by Gasteiger charge is 2.21. The third-order valence-electron chi connectivity index (χ3n) is 2.62. The summed E-state index contributed by atoms with van der Waals surface area (Å²) in [6.45, 7) is 5.36. The lowest BCUT2D eigenvalue weighted by molar-refractivity contribution is -0.142. The SMILES string of the molecule is Cc1csc(=O)n1CC(=O)N[C@H](CC(C)C)C(=O)O. The van der Waals surface area contributed by atoms with Crippen molar-refractivity contribution in [2.75, 3.05) is 0 Å².